The summed E-state index contributed by atoms with van der Waals surface area (Å²) in [5, 5.41) is 9.25. The molecule has 0 radical (unpaired) electrons. The van der Waals surface area contributed by atoms with Gasteiger partial charge in [-0.05, 0) is 24.6 Å². The lowest BCUT2D eigenvalue weighted by atomic mass is 10.1. The van der Waals surface area contributed by atoms with E-state index in [1.54, 1.807) is 0 Å². The summed E-state index contributed by atoms with van der Waals surface area (Å²) in [7, 11) is 0. The Bertz CT molecular complexity index is 593. The highest BCUT2D eigenvalue weighted by Crippen LogP contribution is 2.26. The van der Waals surface area contributed by atoms with Crippen LogP contribution in [-0.2, 0) is 0 Å². The molecule has 0 saturated carbocycles. The third-order valence-electron chi connectivity index (χ3n) is 2.11. The summed E-state index contributed by atoms with van der Waals surface area (Å²) < 4.78 is 0.821. The number of nitrogens with zero attached hydrogens (tertiary/aromatic N) is 1. The maximum atomic E-state index is 11.2. The number of H-pyrrole nitrogens is 1. The molecule has 0 amide bonds. The molecule has 0 spiro atoms. The average molecular weight is 281 g/mol. The van der Waals surface area contributed by atoms with Gasteiger partial charge in [-0.3, -0.25) is 4.79 Å². The van der Waals surface area contributed by atoms with Crippen molar-refractivity contribution >= 4 is 15.9 Å². The van der Waals surface area contributed by atoms with E-state index >= 15 is 0 Å². The molecule has 5 heteroatoms. The zero-order valence-corrected chi connectivity index (χ0v) is 10.1. The quantitative estimate of drug-likeness (QED) is 0.842. The van der Waals surface area contributed by atoms with E-state index in [9.17, 15) is 9.90 Å². The van der Waals surface area contributed by atoms with Crippen LogP contribution in [0.5, 0.6) is 5.88 Å². The number of aromatic hydroxyl groups is 1. The van der Waals surface area contributed by atoms with Gasteiger partial charge >= 0.3 is 0 Å². The Balaban J connectivity index is 2.63. The predicted molar refractivity (Wildman–Crippen MR) is 64.4 cm³/mol. The molecule has 0 aliphatic rings. The molecule has 0 bridgehead atoms. The first-order valence-corrected chi connectivity index (χ1v) is 5.42. The van der Waals surface area contributed by atoms with Crippen LogP contribution in [0.2, 0.25) is 0 Å². The Labute approximate surface area is 100 Å². The van der Waals surface area contributed by atoms with Gasteiger partial charge in [-0.2, -0.15) is 4.98 Å². The summed E-state index contributed by atoms with van der Waals surface area (Å²) in [6.07, 6.45) is 0. The summed E-state index contributed by atoms with van der Waals surface area (Å²) in [6.45, 7) is 1.97. The first-order valence-electron chi connectivity index (χ1n) is 4.63. The van der Waals surface area contributed by atoms with Gasteiger partial charge in [0.25, 0.3) is 5.56 Å². The SMILES string of the molecule is Cc1ccc(-c2nc(O)cc(=O)[nH]2)c(Br)c1. The van der Waals surface area contributed by atoms with E-state index in [0.717, 1.165) is 21.7 Å². The standard InChI is InChI=1S/C11H9BrN2O2/c1-6-2-3-7(8(12)4-6)11-13-9(15)5-10(16)14-11/h2-5H,1H3,(H2,13,14,15,16). The molecule has 0 fully saturated rings. The topological polar surface area (TPSA) is 66.0 Å². The number of hydrogen-bond donors (Lipinski definition) is 2. The molecule has 2 rings (SSSR count). The first kappa shape index (κ1) is 10.9. The van der Waals surface area contributed by atoms with Crippen LogP contribution in [0.15, 0.2) is 33.5 Å². The predicted octanol–water partition coefficient (Wildman–Crippen LogP) is 2.21. The van der Waals surface area contributed by atoms with Crippen LogP contribution in [0, 0.1) is 6.92 Å². The zero-order valence-electron chi connectivity index (χ0n) is 8.49. The maximum absolute atomic E-state index is 11.2. The van der Waals surface area contributed by atoms with Crippen molar-refractivity contribution in [3.63, 3.8) is 0 Å². The minimum atomic E-state index is -0.380. The number of aromatic amines is 1. The molecule has 0 aliphatic carbocycles. The minimum absolute atomic E-state index is 0.286. The number of hydrogen-bond acceptors (Lipinski definition) is 3. The molecular weight excluding hydrogens is 272 g/mol. The zero-order chi connectivity index (χ0) is 11.7. The van der Waals surface area contributed by atoms with E-state index in [2.05, 4.69) is 25.9 Å². The summed E-state index contributed by atoms with van der Waals surface area (Å²) in [4.78, 5) is 17.6. The van der Waals surface area contributed by atoms with Gasteiger partial charge in [-0.15, -0.1) is 0 Å². The van der Waals surface area contributed by atoms with Crippen molar-refractivity contribution < 1.29 is 5.11 Å². The summed E-state index contributed by atoms with van der Waals surface area (Å²) in [6, 6.07) is 6.69. The maximum Gasteiger partial charge on any atom is 0.254 e. The fourth-order valence-electron chi connectivity index (χ4n) is 1.38. The van der Waals surface area contributed by atoms with Gasteiger partial charge in [0.1, 0.15) is 5.82 Å². The van der Waals surface area contributed by atoms with Gasteiger partial charge in [0.15, 0.2) is 0 Å². The van der Waals surface area contributed by atoms with Crippen LogP contribution >= 0.6 is 15.9 Å². The van der Waals surface area contributed by atoms with E-state index in [1.807, 2.05) is 25.1 Å². The normalized spacial score (nSPS) is 10.4. The lowest BCUT2D eigenvalue weighted by Crippen LogP contribution is -2.06. The van der Waals surface area contributed by atoms with E-state index < -0.39 is 0 Å². The third-order valence-corrected chi connectivity index (χ3v) is 2.76. The molecule has 2 N–H and O–H groups in total. The molecule has 82 valence electrons. The number of aryl methyl sites for hydroxylation is 1. The first-order chi connectivity index (χ1) is 7.56. The highest BCUT2D eigenvalue weighted by atomic mass is 79.9. The van der Waals surface area contributed by atoms with Gasteiger partial charge in [0.2, 0.25) is 5.88 Å². The van der Waals surface area contributed by atoms with Crippen LogP contribution in [0.3, 0.4) is 0 Å². The van der Waals surface area contributed by atoms with Gasteiger partial charge in [0.05, 0.1) is 6.07 Å². The van der Waals surface area contributed by atoms with Crippen molar-refractivity contribution in [2.45, 2.75) is 6.92 Å². The van der Waals surface area contributed by atoms with Crippen molar-refractivity contribution in [2.75, 3.05) is 0 Å². The summed E-state index contributed by atoms with van der Waals surface area (Å²) in [5.41, 5.74) is 1.45. The molecule has 16 heavy (non-hydrogen) atoms. The van der Waals surface area contributed by atoms with Gasteiger partial charge in [-0.25, -0.2) is 0 Å². The van der Waals surface area contributed by atoms with Crippen LogP contribution in [0.25, 0.3) is 11.4 Å². The summed E-state index contributed by atoms with van der Waals surface area (Å²) >= 11 is 3.39. The molecule has 1 aromatic carbocycles. The molecule has 0 atom stereocenters. The molecule has 0 saturated heterocycles. The Morgan fingerprint density at radius 2 is 2.12 bits per heavy atom. The van der Waals surface area contributed by atoms with Gasteiger partial charge in [-0.1, -0.05) is 22.0 Å². The molecule has 0 aliphatic heterocycles. The van der Waals surface area contributed by atoms with Crippen LogP contribution in [0.4, 0.5) is 0 Å². The Kier molecular flexibility index (Phi) is 2.78. The molecule has 1 aromatic heterocycles. The second-order valence-corrected chi connectivity index (χ2v) is 4.29. The lowest BCUT2D eigenvalue weighted by Gasteiger charge is -2.04. The fraction of sp³-hybridized carbons (Fsp3) is 0.0909. The van der Waals surface area contributed by atoms with Crippen molar-refractivity contribution in [3.05, 3.63) is 44.7 Å². The van der Waals surface area contributed by atoms with Crippen LogP contribution in [-0.4, -0.2) is 15.1 Å². The van der Waals surface area contributed by atoms with E-state index in [1.165, 1.54) is 0 Å². The van der Waals surface area contributed by atoms with Gasteiger partial charge in [0, 0.05) is 10.0 Å². The smallest absolute Gasteiger partial charge is 0.254 e. The van der Waals surface area contributed by atoms with E-state index in [-0.39, 0.29) is 11.4 Å². The second kappa shape index (κ2) is 4.09. The Hall–Kier alpha value is -1.62. The van der Waals surface area contributed by atoms with Crippen LogP contribution < -0.4 is 5.56 Å². The highest BCUT2D eigenvalue weighted by Gasteiger charge is 2.07. The van der Waals surface area contributed by atoms with Crippen molar-refractivity contribution in [1.82, 2.24) is 9.97 Å². The molecule has 0 unspecified atom stereocenters. The largest absolute Gasteiger partial charge is 0.493 e. The second-order valence-electron chi connectivity index (χ2n) is 3.44. The van der Waals surface area contributed by atoms with Crippen molar-refractivity contribution in [1.29, 1.82) is 0 Å². The number of halogens is 1. The number of rotatable bonds is 1. The third kappa shape index (κ3) is 2.14. The Morgan fingerprint density at radius 1 is 1.38 bits per heavy atom. The number of nitrogens with one attached hydrogen (secondary N) is 1. The summed E-state index contributed by atoms with van der Waals surface area (Å²) in [5.74, 6) is 0.0584. The van der Waals surface area contributed by atoms with E-state index in [0.29, 0.717) is 5.82 Å². The van der Waals surface area contributed by atoms with Crippen molar-refractivity contribution in [3.8, 4) is 17.3 Å². The van der Waals surface area contributed by atoms with Gasteiger partial charge < -0.3 is 10.1 Å². The monoisotopic (exact) mass is 280 g/mol. The number of aromatic nitrogens is 2. The molecule has 4 nitrogen and oxygen atoms in total. The number of benzene rings is 1. The fourth-order valence-corrected chi connectivity index (χ4v) is 2.07. The average Bonchev–Trinajstić information content (AvgIpc) is 2.15. The molecule has 1 heterocycles. The Morgan fingerprint density at radius 3 is 2.75 bits per heavy atom. The lowest BCUT2D eigenvalue weighted by molar-refractivity contribution is 0.452. The molecular formula is C11H9BrN2O2. The molecule has 2 aromatic rings. The highest BCUT2D eigenvalue weighted by molar-refractivity contribution is 9.10. The van der Waals surface area contributed by atoms with Crippen molar-refractivity contribution in [2.24, 2.45) is 0 Å². The minimum Gasteiger partial charge on any atom is -0.493 e. The van der Waals surface area contributed by atoms with E-state index in [4.69, 9.17) is 0 Å². The van der Waals surface area contributed by atoms with Crippen LogP contribution in [0.1, 0.15) is 5.56 Å².